The topological polar surface area (TPSA) is 84.0 Å². The third-order valence-electron chi connectivity index (χ3n) is 6.62. The molecule has 0 saturated carbocycles. The highest BCUT2D eigenvalue weighted by Gasteiger charge is 2.32. The number of hydrogen-bond acceptors (Lipinski definition) is 7. The summed E-state index contributed by atoms with van der Waals surface area (Å²) in [6, 6.07) is 7.71. The van der Waals surface area contributed by atoms with E-state index in [-0.39, 0.29) is 11.8 Å². The van der Waals surface area contributed by atoms with Crippen molar-refractivity contribution in [2.45, 2.75) is 38.8 Å². The van der Waals surface area contributed by atoms with Crippen molar-refractivity contribution in [2.24, 2.45) is 22.7 Å². The van der Waals surface area contributed by atoms with Crippen molar-refractivity contribution in [3.63, 3.8) is 0 Å². The average molecular weight is 490 g/mol. The first-order chi connectivity index (χ1) is 16.1. The molecule has 2 aliphatic heterocycles. The van der Waals surface area contributed by atoms with Crippen molar-refractivity contribution in [1.29, 1.82) is 0 Å². The molecule has 2 fully saturated rings. The van der Waals surface area contributed by atoms with Crippen LogP contribution in [-0.4, -0.2) is 59.7 Å². The van der Waals surface area contributed by atoms with Gasteiger partial charge >= 0.3 is 0 Å². The minimum atomic E-state index is 0.127. The lowest BCUT2D eigenvalue weighted by atomic mass is 9.87. The summed E-state index contributed by atoms with van der Waals surface area (Å²) in [5.74, 6) is 0.713. The number of aromatic nitrogens is 1. The summed E-state index contributed by atoms with van der Waals surface area (Å²) in [4.78, 5) is 28.4. The largest absolute Gasteiger partial charge is 0.399 e. The van der Waals surface area contributed by atoms with Gasteiger partial charge in [0.25, 0.3) is 0 Å². The van der Waals surface area contributed by atoms with Gasteiger partial charge in [0.15, 0.2) is 0 Å². The number of nitrogens with two attached hydrogens (primary N) is 1. The third-order valence-corrected chi connectivity index (χ3v) is 7.87. The van der Waals surface area contributed by atoms with E-state index in [0.717, 1.165) is 74.7 Å². The lowest BCUT2D eigenvalue weighted by Crippen LogP contribution is -2.46. The predicted octanol–water partition coefficient (Wildman–Crippen LogP) is 3.76. The maximum atomic E-state index is 13.2. The van der Waals surface area contributed by atoms with Crippen LogP contribution in [0.4, 0.5) is 0 Å². The van der Waals surface area contributed by atoms with Crippen molar-refractivity contribution in [1.82, 2.24) is 14.8 Å². The molecule has 0 spiro atoms. The molecule has 33 heavy (non-hydrogen) atoms. The minimum absolute atomic E-state index is 0.127. The van der Waals surface area contributed by atoms with Crippen molar-refractivity contribution in [3.05, 3.63) is 50.9 Å². The lowest BCUT2D eigenvalue weighted by Gasteiger charge is -2.37. The van der Waals surface area contributed by atoms with Crippen LogP contribution in [0.1, 0.15) is 41.1 Å². The molecule has 2 aliphatic rings. The van der Waals surface area contributed by atoms with Gasteiger partial charge in [0.05, 0.1) is 5.71 Å². The molecule has 9 heteroatoms. The summed E-state index contributed by atoms with van der Waals surface area (Å²) in [7, 11) is 1.58. The number of carbonyl (C=O) groups excluding carboxylic acids is 1. The van der Waals surface area contributed by atoms with E-state index in [9.17, 15) is 4.79 Å². The second kappa shape index (κ2) is 11.4. The fourth-order valence-electron chi connectivity index (χ4n) is 4.79. The number of oxime groups is 1. The van der Waals surface area contributed by atoms with E-state index in [1.165, 1.54) is 4.88 Å². The van der Waals surface area contributed by atoms with Gasteiger partial charge in [-0.2, -0.15) is 0 Å². The Morgan fingerprint density at radius 3 is 2.42 bits per heavy atom. The number of thiazole rings is 1. The molecule has 2 aromatic rings. The van der Waals surface area contributed by atoms with Crippen LogP contribution in [0.15, 0.2) is 35.6 Å². The summed E-state index contributed by atoms with van der Waals surface area (Å²) in [5, 5.41) is 5.99. The van der Waals surface area contributed by atoms with Crippen LogP contribution >= 0.6 is 22.9 Å². The quantitative estimate of drug-likeness (QED) is 0.473. The van der Waals surface area contributed by atoms with Gasteiger partial charge in [0.1, 0.15) is 12.1 Å². The van der Waals surface area contributed by atoms with Crippen LogP contribution in [0.3, 0.4) is 0 Å². The van der Waals surface area contributed by atoms with E-state index in [0.29, 0.717) is 17.5 Å². The van der Waals surface area contributed by atoms with Gasteiger partial charge in [0, 0.05) is 54.1 Å². The Morgan fingerprint density at radius 1 is 1.15 bits per heavy atom. The molecule has 0 unspecified atom stereocenters. The standard InChI is InChI=1S/C24H32ClN5O2S/c1-32-28-23(17-2-4-20(25)5-3-17)18-8-12-30(13-9-18)24(31)19-6-10-29(11-7-19)16-21-15-27-22(14-26)33-21/h2-5,15,18-19H,6-14,16,26H2,1H3. The van der Waals surface area contributed by atoms with Gasteiger partial charge in [-0.3, -0.25) is 9.69 Å². The third kappa shape index (κ3) is 6.12. The van der Waals surface area contributed by atoms with Crippen LogP contribution in [0.2, 0.25) is 5.02 Å². The first-order valence-electron chi connectivity index (χ1n) is 11.6. The van der Waals surface area contributed by atoms with Crippen molar-refractivity contribution < 1.29 is 9.63 Å². The van der Waals surface area contributed by atoms with Gasteiger partial charge in [-0.05, 0) is 56.5 Å². The van der Waals surface area contributed by atoms with Gasteiger partial charge in [0.2, 0.25) is 5.91 Å². The zero-order valence-corrected chi connectivity index (χ0v) is 20.7. The molecule has 2 N–H and O–H groups in total. The van der Waals surface area contributed by atoms with Gasteiger partial charge in [-0.25, -0.2) is 4.98 Å². The maximum absolute atomic E-state index is 13.2. The number of halogens is 1. The molecular formula is C24H32ClN5O2S. The Morgan fingerprint density at radius 2 is 1.82 bits per heavy atom. The summed E-state index contributed by atoms with van der Waals surface area (Å²) in [6.07, 6.45) is 5.55. The van der Waals surface area contributed by atoms with Crippen LogP contribution in [0, 0.1) is 11.8 Å². The zero-order chi connectivity index (χ0) is 23.2. The molecule has 0 radical (unpaired) electrons. The minimum Gasteiger partial charge on any atom is -0.399 e. The number of amides is 1. The van der Waals surface area contributed by atoms with Gasteiger partial charge < -0.3 is 15.5 Å². The lowest BCUT2D eigenvalue weighted by molar-refractivity contribution is -0.138. The molecule has 0 atom stereocenters. The van der Waals surface area contributed by atoms with Gasteiger partial charge in [-0.15, -0.1) is 11.3 Å². The molecule has 1 aromatic heterocycles. The SMILES string of the molecule is CON=C(c1ccc(Cl)cc1)C1CCN(C(=O)C2CCN(Cc3cnc(CN)s3)CC2)CC1. The predicted molar refractivity (Wildman–Crippen MR) is 132 cm³/mol. The number of likely N-dealkylation sites (tertiary alicyclic amines) is 2. The number of piperidine rings is 2. The molecule has 7 nitrogen and oxygen atoms in total. The monoisotopic (exact) mass is 489 g/mol. The Balaban J connectivity index is 1.27. The van der Waals surface area contributed by atoms with E-state index in [4.69, 9.17) is 22.2 Å². The molecule has 4 rings (SSSR count). The molecule has 1 aromatic carbocycles. The second-order valence-electron chi connectivity index (χ2n) is 8.74. The fourth-order valence-corrected chi connectivity index (χ4v) is 5.76. The summed E-state index contributed by atoms with van der Waals surface area (Å²) in [5.41, 5.74) is 7.63. The molecule has 2 saturated heterocycles. The van der Waals surface area contributed by atoms with E-state index in [2.05, 4.69) is 19.9 Å². The highest BCUT2D eigenvalue weighted by molar-refractivity contribution is 7.11. The Hall–Kier alpha value is -2.00. The first kappa shape index (κ1) is 24.1. The first-order valence-corrected chi connectivity index (χ1v) is 12.8. The Kier molecular flexibility index (Phi) is 8.35. The van der Waals surface area contributed by atoms with Crippen molar-refractivity contribution in [3.8, 4) is 0 Å². The van der Waals surface area contributed by atoms with E-state index >= 15 is 0 Å². The number of hydrogen-bond donors (Lipinski definition) is 1. The molecule has 3 heterocycles. The zero-order valence-electron chi connectivity index (χ0n) is 19.1. The van der Waals surface area contributed by atoms with E-state index in [1.807, 2.05) is 30.5 Å². The summed E-state index contributed by atoms with van der Waals surface area (Å²) < 4.78 is 0. The number of rotatable bonds is 7. The normalized spacial score (nSPS) is 19.1. The summed E-state index contributed by atoms with van der Waals surface area (Å²) in [6.45, 7) is 4.83. The molecule has 1 amide bonds. The Bertz CT molecular complexity index is 948. The van der Waals surface area contributed by atoms with E-state index < -0.39 is 0 Å². The smallest absolute Gasteiger partial charge is 0.225 e. The van der Waals surface area contributed by atoms with Crippen molar-refractivity contribution >= 4 is 34.6 Å². The van der Waals surface area contributed by atoms with Crippen LogP contribution in [-0.2, 0) is 22.7 Å². The summed E-state index contributed by atoms with van der Waals surface area (Å²) >= 11 is 7.72. The molecule has 0 aliphatic carbocycles. The fraction of sp³-hybridized carbons (Fsp3) is 0.542. The van der Waals surface area contributed by atoms with Crippen molar-refractivity contribution in [2.75, 3.05) is 33.3 Å². The number of nitrogens with zero attached hydrogens (tertiary/aromatic N) is 4. The molecule has 0 bridgehead atoms. The number of carbonyl (C=O) groups is 1. The average Bonchev–Trinajstić information content (AvgIpc) is 3.31. The number of benzene rings is 1. The van der Waals surface area contributed by atoms with Crippen LogP contribution in [0.5, 0.6) is 0 Å². The van der Waals surface area contributed by atoms with Crippen LogP contribution in [0.25, 0.3) is 0 Å². The second-order valence-corrected chi connectivity index (χ2v) is 10.4. The van der Waals surface area contributed by atoms with Crippen LogP contribution < -0.4 is 5.73 Å². The maximum Gasteiger partial charge on any atom is 0.225 e. The Labute approximate surface area is 204 Å². The highest BCUT2D eigenvalue weighted by atomic mass is 35.5. The molecular weight excluding hydrogens is 458 g/mol. The van der Waals surface area contributed by atoms with Gasteiger partial charge in [-0.1, -0.05) is 28.9 Å². The molecule has 178 valence electrons. The highest BCUT2D eigenvalue weighted by Crippen LogP contribution is 2.28. The van der Waals surface area contributed by atoms with E-state index in [1.54, 1.807) is 18.4 Å².